The Balaban J connectivity index is 2.07. The van der Waals surface area contributed by atoms with Gasteiger partial charge < -0.3 is 5.73 Å². The fourth-order valence-corrected chi connectivity index (χ4v) is 3.10. The van der Waals surface area contributed by atoms with Crippen LogP contribution in [0.2, 0.25) is 5.02 Å². The predicted molar refractivity (Wildman–Crippen MR) is 90.1 cm³/mol. The highest BCUT2D eigenvalue weighted by molar-refractivity contribution is 6.35. The first-order valence-corrected chi connectivity index (χ1v) is 8.32. The lowest BCUT2D eigenvalue weighted by Crippen LogP contribution is -2.30. The van der Waals surface area contributed by atoms with Crippen LogP contribution in [0.5, 0.6) is 0 Å². The van der Waals surface area contributed by atoms with Crippen molar-refractivity contribution in [3.63, 3.8) is 0 Å². The SMILES string of the molecule is N#CCCCCn1c([C@@H](N)C2CC2)nc2cccc(Cl)c2c1=O. The largest absolute Gasteiger partial charge is 0.321 e. The van der Waals surface area contributed by atoms with Crippen LogP contribution in [0, 0.1) is 17.2 Å². The van der Waals surface area contributed by atoms with Gasteiger partial charge in [-0.05, 0) is 43.7 Å². The minimum absolute atomic E-state index is 0.136. The Morgan fingerprint density at radius 2 is 2.22 bits per heavy atom. The Labute approximate surface area is 139 Å². The lowest BCUT2D eigenvalue weighted by atomic mass is 10.1. The molecule has 1 aliphatic rings. The van der Waals surface area contributed by atoms with Crippen molar-refractivity contribution < 1.29 is 0 Å². The summed E-state index contributed by atoms with van der Waals surface area (Å²) in [6.45, 7) is 0.518. The lowest BCUT2D eigenvalue weighted by molar-refractivity contribution is 0.503. The number of halogens is 1. The molecular weight excluding hydrogens is 312 g/mol. The maximum Gasteiger partial charge on any atom is 0.262 e. The molecule has 3 rings (SSSR count). The van der Waals surface area contributed by atoms with Gasteiger partial charge in [-0.3, -0.25) is 9.36 Å². The van der Waals surface area contributed by atoms with Crippen LogP contribution in [0.1, 0.15) is 44.0 Å². The minimum Gasteiger partial charge on any atom is -0.321 e. The van der Waals surface area contributed by atoms with Gasteiger partial charge in [-0.1, -0.05) is 17.7 Å². The summed E-state index contributed by atoms with van der Waals surface area (Å²) < 4.78 is 1.66. The van der Waals surface area contributed by atoms with Gasteiger partial charge in [0.15, 0.2) is 0 Å². The van der Waals surface area contributed by atoms with Crippen LogP contribution in [0.3, 0.4) is 0 Å². The number of unbranched alkanes of at least 4 members (excludes halogenated alkanes) is 2. The molecule has 1 aromatic carbocycles. The third-order valence-corrected chi connectivity index (χ3v) is 4.63. The Hall–Kier alpha value is -1.90. The van der Waals surface area contributed by atoms with Crippen molar-refractivity contribution >= 4 is 22.5 Å². The van der Waals surface area contributed by atoms with Crippen molar-refractivity contribution in [1.82, 2.24) is 9.55 Å². The summed E-state index contributed by atoms with van der Waals surface area (Å²) in [5, 5.41) is 9.51. The van der Waals surface area contributed by atoms with Crippen LogP contribution in [-0.2, 0) is 6.54 Å². The van der Waals surface area contributed by atoms with Gasteiger partial charge in [0.05, 0.1) is 28.0 Å². The molecule has 0 spiro atoms. The van der Waals surface area contributed by atoms with Gasteiger partial charge in [0.25, 0.3) is 5.56 Å². The number of benzene rings is 1. The molecule has 0 saturated heterocycles. The van der Waals surface area contributed by atoms with Gasteiger partial charge in [0, 0.05) is 13.0 Å². The average molecular weight is 331 g/mol. The van der Waals surface area contributed by atoms with Crippen LogP contribution < -0.4 is 11.3 Å². The second kappa shape index (κ2) is 6.69. The Morgan fingerprint density at radius 3 is 2.91 bits per heavy atom. The van der Waals surface area contributed by atoms with E-state index in [1.165, 1.54) is 0 Å². The highest BCUT2D eigenvalue weighted by Crippen LogP contribution is 2.39. The third-order valence-electron chi connectivity index (χ3n) is 4.31. The van der Waals surface area contributed by atoms with Crippen LogP contribution in [-0.4, -0.2) is 9.55 Å². The fraction of sp³-hybridized carbons (Fsp3) is 0.471. The highest BCUT2D eigenvalue weighted by Gasteiger charge is 2.32. The second-order valence-corrected chi connectivity index (χ2v) is 6.45. The highest BCUT2D eigenvalue weighted by atomic mass is 35.5. The molecule has 1 aliphatic carbocycles. The smallest absolute Gasteiger partial charge is 0.262 e. The fourth-order valence-electron chi connectivity index (χ4n) is 2.85. The van der Waals surface area contributed by atoms with Crippen molar-refractivity contribution in [2.24, 2.45) is 11.7 Å². The van der Waals surface area contributed by atoms with Gasteiger partial charge in [0.1, 0.15) is 5.82 Å². The maximum atomic E-state index is 12.9. The average Bonchev–Trinajstić information content (AvgIpc) is 3.37. The summed E-state index contributed by atoms with van der Waals surface area (Å²) in [5.74, 6) is 1.05. The standard InChI is InChI=1S/C17H19ClN4O/c18-12-5-4-6-13-14(12)17(23)22(10-3-1-2-9-19)16(21-13)15(20)11-7-8-11/h4-6,11,15H,1-3,7-8,10,20H2/t15-/m0/s1. The van der Waals surface area contributed by atoms with Gasteiger partial charge in [-0.2, -0.15) is 5.26 Å². The summed E-state index contributed by atoms with van der Waals surface area (Å²) in [5.41, 5.74) is 6.79. The summed E-state index contributed by atoms with van der Waals surface area (Å²) >= 11 is 6.20. The molecule has 2 N–H and O–H groups in total. The van der Waals surface area contributed by atoms with E-state index in [1.54, 1.807) is 22.8 Å². The third kappa shape index (κ3) is 3.24. The van der Waals surface area contributed by atoms with E-state index in [0.717, 1.165) is 25.7 Å². The van der Waals surface area contributed by atoms with E-state index < -0.39 is 0 Å². The number of rotatable bonds is 6. The molecule has 1 atom stereocenters. The van der Waals surface area contributed by atoms with Gasteiger partial charge >= 0.3 is 0 Å². The maximum absolute atomic E-state index is 12.9. The first kappa shape index (κ1) is 16.0. The molecular formula is C17H19ClN4O. The summed E-state index contributed by atoms with van der Waals surface area (Å²) in [7, 11) is 0. The molecule has 5 nitrogen and oxygen atoms in total. The van der Waals surface area contributed by atoms with E-state index in [9.17, 15) is 4.79 Å². The summed E-state index contributed by atoms with van der Waals surface area (Å²) in [4.78, 5) is 17.5. The molecule has 0 amide bonds. The van der Waals surface area contributed by atoms with Gasteiger partial charge in [-0.25, -0.2) is 4.98 Å². The molecule has 1 fully saturated rings. The summed E-state index contributed by atoms with van der Waals surface area (Å²) in [6, 6.07) is 7.20. The first-order valence-electron chi connectivity index (χ1n) is 7.95. The second-order valence-electron chi connectivity index (χ2n) is 6.04. The van der Waals surface area contributed by atoms with Crippen molar-refractivity contribution in [3.8, 4) is 6.07 Å². The molecule has 0 bridgehead atoms. The van der Waals surface area contributed by atoms with E-state index in [2.05, 4.69) is 11.1 Å². The zero-order valence-corrected chi connectivity index (χ0v) is 13.6. The first-order chi connectivity index (χ1) is 11.1. The van der Waals surface area contributed by atoms with Gasteiger partial charge in [-0.15, -0.1) is 0 Å². The molecule has 0 aliphatic heterocycles. The van der Waals surface area contributed by atoms with Crippen LogP contribution in [0.4, 0.5) is 0 Å². The molecule has 1 saturated carbocycles. The Kier molecular flexibility index (Phi) is 4.65. The van der Waals surface area contributed by atoms with Crippen molar-refractivity contribution in [1.29, 1.82) is 5.26 Å². The normalized spacial score (nSPS) is 15.5. The van der Waals surface area contributed by atoms with Crippen LogP contribution in [0.15, 0.2) is 23.0 Å². The number of hydrogen-bond acceptors (Lipinski definition) is 4. The van der Waals surface area contributed by atoms with E-state index in [1.807, 2.05) is 0 Å². The summed E-state index contributed by atoms with van der Waals surface area (Å²) in [6.07, 6.45) is 4.15. The van der Waals surface area contributed by atoms with E-state index in [0.29, 0.717) is 40.6 Å². The van der Waals surface area contributed by atoms with Crippen molar-refractivity contribution in [2.75, 3.05) is 0 Å². The molecule has 1 aromatic heterocycles. The number of nitriles is 1. The molecule has 1 heterocycles. The molecule has 2 aromatic rings. The Morgan fingerprint density at radius 1 is 1.43 bits per heavy atom. The molecule has 120 valence electrons. The predicted octanol–water partition coefficient (Wildman–Crippen LogP) is 3.15. The van der Waals surface area contributed by atoms with Crippen LogP contribution in [0.25, 0.3) is 10.9 Å². The van der Waals surface area contributed by atoms with Crippen molar-refractivity contribution in [3.05, 3.63) is 39.4 Å². The molecule has 6 heteroatoms. The zero-order valence-electron chi connectivity index (χ0n) is 12.8. The number of nitrogens with two attached hydrogens (primary N) is 1. The van der Waals surface area contributed by atoms with E-state index >= 15 is 0 Å². The van der Waals surface area contributed by atoms with Crippen molar-refractivity contribution in [2.45, 2.75) is 44.7 Å². The number of aromatic nitrogens is 2. The zero-order chi connectivity index (χ0) is 16.4. The number of nitrogens with zero attached hydrogens (tertiary/aromatic N) is 3. The lowest BCUT2D eigenvalue weighted by Gasteiger charge is -2.18. The molecule has 0 unspecified atom stereocenters. The Bertz CT molecular complexity index is 820. The number of fused-ring (bicyclic) bond motifs is 1. The topological polar surface area (TPSA) is 84.7 Å². The quantitative estimate of drug-likeness (QED) is 0.824. The van der Waals surface area contributed by atoms with Gasteiger partial charge in [0.2, 0.25) is 0 Å². The molecule has 23 heavy (non-hydrogen) atoms. The minimum atomic E-state index is -0.220. The number of hydrogen-bond donors (Lipinski definition) is 1. The van der Waals surface area contributed by atoms with E-state index in [-0.39, 0.29) is 11.6 Å². The van der Waals surface area contributed by atoms with E-state index in [4.69, 9.17) is 22.6 Å². The van der Waals surface area contributed by atoms with Crippen LogP contribution >= 0.6 is 11.6 Å². The molecule has 0 radical (unpaired) electrons. The monoisotopic (exact) mass is 330 g/mol.